The molecule has 1 heterocycles. The molecule has 0 amide bonds. The molecule has 5 nitrogen and oxygen atoms in total. The van der Waals surface area contributed by atoms with Crippen molar-refractivity contribution in [3.63, 3.8) is 0 Å². The van der Waals surface area contributed by atoms with Gasteiger partial charge in [0.15, 0.2) is 0 Å². The first-order valence-electron chi connectivity index (χ1n) is 14.2. The fourth-order valence-corrected chi connectivity index (χ4v) is 5.93. The van der Waals surface area contributed by atoms with Crippen LogP contribution in [0.1, 0.15) is 22.6 Å². The largest absolute Gasteiger partial charge is 0.457 e. The molecular weight excluding hydrogens is 548 g/mol. The lowest BCUT2D eigenvalue weighted by Crippen LogP contribution is -2.13. The van der Waals surface area contributed by atoms with Crippen molar-refractivity contribution in [1.29, 1.82) is 0 Å². The van der Waals surface area contributed by atoms with Crippen molar-refractivity contribution in [2.75, 3.05) is 0 Å². The molecule has 0 fully saturated rings. The Kier molecular flexibility index (Phi) is 6.76. The third-order valence-corrected chi connectivity index (χ3v) is 7.90. The van der Waals surface area contributed by atoms with Crippen LogP contribution in [0.3, 0.4) is 0 Å². The monoisotopic (exact) mass is 574 g/mol. The molecule has 0 aromatic heterocycles. The standard InChI is InChI=1S/C39H26O5/c1-3-35(40)42-29-16-18-31-27(22-29)14-20-33-38(31)37(26-12-10-25(11-13-26)24-8-6-5-7-9-24)39-32-19-17-30(43-36(41)4-2)23-28(32)15-21-34(39)44-33/h3-23,37H,1-2H2. The third kappa shape index (κ3) is 4.80. The molecule has 0 spiro atoms. The number of ether oxygens (including phenoxy) is 3. The first kappa shape index (κ1) is 26.9. The average Bonchev–Trinajstić information content (AvgIpc) is 3.07. The molecule has 0 N–H and O–H groups in total. The van der Waals surface area contributed by atoms with Gasteiger partial charge in [-0.25, -0.2) is 9.59 Å². The zero-order valence-corrected chi connectivity index (χ0v) is 23.7. The summed E-state index contributed by atoms with van der Waals surface area (Å²) in [6, 6.07) is 38.0. The van der Waals surface area contributed by atoms with Crippen molar-refractivity contribution in [2.24, 2.45) is 0 Å². The molecule has 0 saturated heterocycles. The minimum atomic E-state index is -0.513. The Morgan fingerprint density at radius 1 is 0.591 bits per heavy atom. The van der Waals surface area contributed by atoms with Gasteiger partial charge in [-0.2, -0.15) is 0 Å². The van der Waals surface area contributed by atoms with Crippen LogP contribution in [-0.4, -0.2) is 11.9 Å². The van der Waals surface area contributed by atoms with Gasteiger partial charge < -0.3 is 14.2 Å². The van der Waals surface area contributed by atoms with Crippen LogP contribution in [0.4, 0.5) is 0 Å². The predicted octanol–water partition coefficient (Wildman–Crippen LogP) is 9.13. The van der Waals surface area contributed by atoms with Crippen LogP contribution in [0.5, 0.6) is 23.0 Å². The molecule has 212 valence electrons. The highest BCUT2D eigenvalue weighted by atomic mass is 16.5. The van der Waals surface area contributed by atoms with Gasteiger partial charge in [0.2, 0.25) is 0 Å². The Balaban J connectivity index is 1.43. The van der Waals surface area contributed by atoms with E-state index in [0.717, 1.165) is 73.0 Å². The molecule has 0 aliphatic carbocycles. The number of fused-ring (bicyclic) bond motifs is 6. The summed E-state index contributed by atoms with van der Waals surface area (Å²) in [5.41, 5.74) is 5.39. The summed E-state index contributed by atoms with van der Waals surface area (Å²) in [4.78, 5) is 23.8. The van der Waals surface area contributed by atoms with E-state index in [2.05, 4.69) is 49.6 Å². The fraction of sp³-hybridized carbons (Fsp3) is 0.0256. The quantitative estimate of drug-likeness (QED) is 0.113. The zero-order chi connectivity index (χ0) is 30.2. The first-order valence-corrected chi connectivity index (χ1v) is 14.2. The average molecular weight is 575 g/mol. The Hall–Kier alpha value is -5.94. The van der Waals surface area contributed by atoms with E-state index >= 15 is 0 Å². The molecule has 1 aliphatic heterocycles. The maximum Gasteiger partial charge on any atom is 0.335 e. The molecule has 5 heteroatoms. The fourth-order valence-electron chi connectivity index (χ4n) is 5.93. The van der Waals surface area contributed by atoms with Gasteiger partial charge in [0.05, 0.1) is 0 Å². The molecular formula is C39H26O5. The lowest BCUT2D eigenvalue weighted by molar-refractivity contribution is -0.129. The lowest BCUT2D eigenvalue weighted by atomic mass is 9.78. The summed E-state index contributed by atoms with van der Waals surface area (Å²) in [6.07, 6.45) is 2.29. The van der Waals surface area contributed by atoms with Crippen LogP contribution in [-0.2, 0) is 9.59 Å². The first-order chi connectivity index (χ1) is 21.5. The number of benzene rings is 6. The molecule has 0 saturated carbocycles. The van der Waals surface area contributed by atoms with Crippen LogP contribution in [0.2, 0.25) is 0 Å². The van der Waals surface area contributed by atoms with Crippen molar-refractivity contribution in [1.82, 2.24) is 0 Å². The topological polar surface area (TPSA) is 61.8 Å². The summed E-state index contributed by atoms with van der Waals surface area (Å²) in [5, 5.41) is 3.79. The van der Waals surface area contributed by atoms with Crippen molar-refractivity contribution in [3.8, 4) is 34.1 Å². The molecule has 7 rings (SSSR count). The van der Waals surface area contributed by atoms with E-state index in [1.807, 2.05) is 66.7 Å². The van der Waals surface area contributed by atoms with E-state index < -0.39 is 11.9 Å². The van der Waals surface area contributed by atoms with E-state index in [1.54, 1.807) is 12.1 Å². The number of esters is 2. The molecule has 44 heavy (non-hydrogen) atoms. The normalized spacial score (nSPS) is 12.1. The van der Waals surface area contributed by atoms with Crippen LogP contribution < -0.4 is 14.2 Å². The van der Waals surface area contributed by atoms with Gasteiger partial charge >= 0.3 is 11.9 Å². The van der Waals surface area contributed by atoms with E-state index in [-0.39, 0.29) is 5.92 Å². The Labute approximate surface area is 254 Å². The summed E-state index contributed by atoms with van der Waals surface area (Å²) in [7, 11) is 0. The van der Waals surface area contributed by atoms with Crippen molar-refractivity contribution < 1.29 is 23.8 Å². The van der Waals surface area contributed by atoms with Gasteiger partial charge in [0, 0.05) is 29.2 Å². The van der Waals surface area contributed by atoms with Crippen LogP contribution >= 0.6 is 0 Å². The Morgan fingerprint density at radius 2 is 1.09 bits per heavy atom. The summed E-state index contributed by atoms with van der Waals surface area (Å²) >= 11 is 0. The SMILES string of the molecule is C=CC(=O)Oc1ccc2c3c(ccc2c1)Oc1ccc2cc(OC(=O)C=C)ccc2c1C3c1ccc(-c2ccccc2)cc1. The molecule has 0 bridgehead atoms. The second kappa shape index (κ2) is 11.0. The predicted molar refractivity (Wildman–Crippen MR) is 172 cm³/mol. The minimum Gasteiger partial charge on any atom is -0.457 e. The van der Waals surface area contributed by atoms with E-state index in [4.69, 9.17) is 14.2 Å². The van der Waals surface area contributed by atoms with Crippen LogP contribution in [0.25, 0.3) is 32.7 Å². The molecule has 0 radical (unpaired) electrons. The maximum absolute atomic E-state index is 11.9. The molecule has 0 atom stereocenters. The molecule has 6 aromatic carbocycles. The van der Waals surface area contributed by atoms with Gasteiger partial charge in [-0.15, -0.1) is 0 Å². The maximum atomic E-state index is 11.9. The second-order valence-electron chi connectivity index (χ2n) is 10.5. The molecule has 1 aliphatic rings. The highest BCUT2D eigenvalue weighted by molar-refractivity contribution is 5.96. The number of carbonyl (C=O) groups excluding carboxylic acids is 2. The third-order valence-electron chi connectivity index (χ3n) is 7.90. The number of hydrogen-bond acceptors (Lipinski definition) is 5. The van der Waals surface area contributed by atoms with Gasteiger partial charge in [-0.3, -0.25) is 0 Å². The Morgan fingerprint density at radius 3 is 1.59 bits per heavy atom. The highest BCUT2D eigenvalue weighted by Crippen LogP contribution is 2.52. The number of rotatable bonds is 6. The van der Waals surface area contributed by atoms with Gasteiger partial charge in [0.25, 0.3) is 0 Å². The smallest absolute Gasteiger partial charge is 0.335 e. The highest BCUT2D eigenvalue weighted by Gasteiger charge is 2.32. The minimum absolute atomic E-state index is 0.186. The van der Waals surface area contributed by atoms with Crippen molar-refractivity contribution >= 4 is 33.5 Å². The van der Waals surface area contributed by atoms with E-state index in [9.17, 15) is 9.59 Å². The van der Waals surface area contributed by atoms with Crippen molar-refractivity contribution in [2.45, 2.75) is 5.92 Å². The number of hydrogen-bond donors (Lipinski definition) is 0. The molecule has 6 aromatic rings. The number of carbonyl (C=O) groups is 2. The Bertz CT molecular complexity index is 2000. The van der Waals surface area contributed by atoms with Crippen LogP contribution in [0.15, 0.2) is 141 Å². The van der Waals surface area contributed by atoms with Crippen LogP contribution in [0, 0.1) is 0 Å². The van der Waals surface area contributed by atoms with Gasteiger partial charge in [0.1, 0.15) is 23.0 Å². The summed E-state index contributed by atoms with van der Waals surface area (Å²) in [5.74, 6) is 1.18. The van der Waals surface area contributed by atoms with Gasteiger partial charge in [-0.05, 0) is 74.6 Å². The van der Waals surface area contributed by atoms with E-state index in [0.29, 0.717) is 11.5 Å². The second-order valence-corrected chi connectivity index (χ2v) is 10.5. The summed E-state index contributed by atoms with van der Waals surface area (Å²) < 4.78 is 17.4. The van der Waals surface area contributed by atoms with Crippen molar-refractivity contribution in [3.05, 3.63) is 157 Å². The van der Waals surface area contributed by atoms with E-state index in [1.165, 1.54) is 0 Å². The zero-order valence-electron chi connectivity index (χ0n) is 23.7. The van der Waals surface area contributed by atoms with Gasteiger partial charge in [-0.1, -0.05) is 92.0 Å². The molecule has 0 unspecified atom stereocenters. The lowest BCUT2D eigenvalue weighted by Gasteiger charge is -2.31. The summed E-state index contributed by atoms with van der Waals surface area (Å²) in [6.45, 7) is 6.99.